The maximum Gasteiger partial charge on any atom is 0.319 e. The molecule has 166 valence electrons. The van der Waals surface area contributed by atoms with Crippen LogP contribution in [0, 0.1) is 0 Å². The first-order chi connectivity index (χ1) is 14.9. The van der Waals surface area contributed by atoms with Crippen LogP contribution < -0.4 is 15.5 Å². The van der Waals surface area contributed by atoms with Gasteiger partial charge in [-0.25, -0.2) is 14.8 Å². The molecule has 0 aliphatic carbocycles. The molecule has 0 atom stereocenters. The van der Waals surface area contributed by atoms with Gasteiger partial charge < -0.3 is 20.3 Å². The molecular weight excluding hydrogens is 392 g/mol. The molecule has 2 amide bonds. The highest BCUT2D eigenvalue weighted by Gasteiger charge is 2.41. The van der Waals surface area contributed by atoms with E-state index in [2.05, 4.69) is 41.2 Å². The smallest absolute Gasteiger partial charge is 0.319 e. The Labute approximate surface area is 184 Å². The van der Waals surface area contributed by atoms with E-state index in [1.54, 1.807) is 0 Å². The van der Waals surface area contributed by atoms with Crippen molar-refractivity contribution in [3.05, 3.63) is 35.5 Å². The summed E-state index contributed by atoms with van der Waals surface area (Å²) in [4.78, 5) is 26.6. The first-order valence-corrected chi connectivity index (χ1v) is 11.1. The topological polar surface area (TPSA) is 82.6 Å². The quantitative estimate of drug-likeness (QED) is 0.767. The lowest BCUT2D eigenvalue weighted by atomic mass is 9.99. The fourth-order valence-electron chi connectivity index (χ4n) is 4.37. The second-order valence-electron chi connectivity index (χ2n) is 8.43. The van der Waals surface area contributed by atoms with Crippen LogP contribution >= 0.6 is 0 Å². The summed E-state index contributed by atoms with van der Waals surface area (Å²) in [5.41, 5.74) is 3.85. The predicted molar refractivity (Wildman–Crippen MR) is 122 cm³/mol. The van der Waals surface area contributed by atoms with Gasteiger partial charge in [0, 0.05) is 43.0 Å². The van der Waals surface area contributed by atoms with Gasteiger partial charge in [-0.2, -0.15) is 0 Å². The van der Waals surface area contributed by atoms with E-state index >= 15 is 0 Å². The van der Waals surface area contributed by atoms with Crippen molar-refractivity contribution in [3.8, 4) is 11.4 Å². The van der Waals surface area contributed by atoms with Crippen molar-refractivity contribution >= 4 is 17.5 Å². The highest BCUT2D eigenvalue weighted by atomic mass is 16.5. The van der Waals surface area contributed by atoms with E-state index in [0.29, 0.717) is 6.54 Å². The van der Waals surface area contributed by atoms with Gasteiger partial charge in [-0.05, 0) is 51.6 Å². The molecule has 2 aromatic rings. The van der Waals surface area contributed by atoms with Gasteiger partial charge in [0.05, 0.1) is 24.4 Å². The van der Waals surface area contributed by atoms with Crippen LogP contribution in [0.4, 0.5) is 16.3 Å². The number of nitrogens with one attached hydrogen (secondary N) is 2. The number of hydrogen-bond acceptors (Lipinski definition) is 6. The number of carbonyl (C=O) groups is 1. The van der Waals surface area contributed by atoms with Crippen LogP contribution in [-0.4, -0.2) is 60.3 Å². The molecule has 0 unspecified atom stereocenters. The molecule has 0 bridgehead atoms. The van der Waals surface area contributed by atoms with Crippen molar-refractivity contribution < 1.29 is 9.53 Å². The van der Waals surface area contributed by atoms with Gasteiger partial charge in [-0.1, -0.05) is 6.92 Å². The molecule has 8 heteroatoms. The van der Waals surface area contributed by atoms with E-state index in [1.165, 1.54) is 5.56 Å². The van der Waals surface area contributed by atoms with E-state index in [0.717, 1.165) is 68.0 Å². The first-order valence-electron chi connectivity index (χ1n) is 11.1. The zero-order valence-corrected chi connectivity index (χ0v) is 18.9. The lowest BCUT2D eigenvalue weighted by molar-refractivity contribution is 0.122. The number of carbonyl (C=O) groups excluding carboxylic acids is 1. The molecule has 2 aliphatic heterocycles. The van der Waals surface area contributed by atoms with E-state index in [4.69, 9.17) is 14.7 Å². The fraction of sp³-hybridized carbons (Fsp3) is 0.522. The zero-order chi connectivity index (χ0) is 22.0. The second-order valence-corrected chi connectivity index (χ2v) is 8.43. The number of hydrogen-bond donors (Lipinski definition) is 2. The number of ether oxygens (including phenoxy) is 1. The summed E-state index contributed by atoms with van der Waals surface area (Å²) in [6, 6.07) is 7.50. The Hall–Kier alpha value is -2.71. The Morgan fingerprint density at radius 1 is 1.13 bits per heavy atom. The third-order valence-corrected chi connectivity index (χ3v) is 6.13. The number of urea groups is 1. The monoisotopic (exact) mass is 424 g/mol. The molecule has 0 radical (unpaired) electrons. The average Bonchev–Trinajstić information content (AvgIpc) is 3.04. The fourth-order valence-corrected chi connectivity index (χ4v) is 4.37. The van der Waals surface area contributed by atoms with Crippen molar-refractivity contribution in [2.75, 3.05) is 49.6 Å². The normalized spacial score (nSPS) is 18.0. The van der Waals surface area contributed by atoms with E-state index < -0.39 is 0 Å². The van der Waals surface area contributed by atoms with Crippen molar-refractivity contribution in [1.82, 2.24) is 20.2 Å². The van der Waals surface area contributed by atoms with E-state index in [1.807, 2.05) is 31.2 Å². The van der Waals surface area contributed by atoms with Crippen LogP contribution in [0.15, 0.2) is 24.3 Å². The van der Waals surface area contributed by atoms with Crippen LogP contribution in [-0.2, 0) is 16.8 Å². The highest BCUT2D eigenvalue weighted by molar-refractivity contribution is 5.89. The van der Waals surface area contributed by atoms with Crippen molar-refractivity contribution in [1.29, 1.82) is 0 Å². The molecule has 1 saturated heterocycles. The minimum Gasteiger partial charge on any atom is -0.378 e. The number of benzene rings is 1. The Balaban J connectivity index is 1.71. The molecule has 4 rings (SSSR count). The third kappa shape index (κ3) is 4.22. The van der Waals surface area contributed by atoms with Gasteiger partial charge in [0.2, 0.25) is 0 Å². The maximum absolute atomic E-state index is 11.8. The van der Waals surface area contributed by atoms with Gasteiger partial charge in [0.25, 0.3) is 0 Å². The summed E-state index contributed by atoms with van der Waals surface area (Å²) < 4.78 is 5.57. The maximum atomic E-state index is 11.8. The minimum absolute atomic E-state index is 0.150. The summed E-state index contributed by atoms with van der Waals surface area (Å²) in [6.07, 6.45) is 0. The van der Waals surface area contributed by atoms with Crippen LogP contribution in [0.5, 0.6) is 0 Å². The predicted octanol–water partition coefficient (Wildman–Crippen LogP) is 3.19. The second kappa shape index (κ2) is 8.80. The summed E-state index contributed by atoms with van der Waals surface area (Å²) in [6.45, 7) is 14.1. The summed E-state index contributed by atoms with van der Waals surface area (Å²) >= 11 is 0. The molecule has 1 fully saturated rings. The van der Waals surface area contributed by atoms with Crippen molar-refractivity contribution in [3.63, 3.8) is 0 Å². The third-order valence-electron chi connectivity index (χ3n) is 6.13. The Bertz CT molecular complexity index is 938. The lowest BCUT2D eigenvalue weighted by Gasteiger charge is -2.30. The number of morpholine rings is 1. The highest BCUT2D eigenvalue weighted by Crippen LogP contribution is 2.42. The zero-order valence-electron chi connectivity index (χ0n) is 18.9. The molecule has 1 aromatic heterocycles. The SMILES string of the molecule is CCNC(=O)Nc1ccc(-c2nc(N3CCOCC3)c3c(n2)C(C)(C)N(CC)C3)cc1. The van der Waals surface area contributed by atoms with Gasteiger partial charge in [0.15, 0.2) is 5.82 Å². The van der Waals surface area contributed by atoms with E-state index in [9.17, 15) is 4.79 Å². The number of nitrogens with zero attached hydrogens (tertiary/aromatic N) is 4. The van der Waals surface area contributed by atoms with Gasteiger partial charge in [-0.15, -0.1) is 0 Å². The molecule has 0 saturated carbocycles. The van der Waals surface area contributed by atoms with Crippen LogP contribution in [0.2, 0.25) is 0 Å². The molecule has 0 spiro atoms. The number of amides is 2. The standard InChI is InChI=1S/C23H32N6O2/c1-5-24-22(30)25-17-9-7-16(8-10-17)20-26-19-18(15-29(6-2)23(19,3)4)21(27-20)28-11-13-31-14-12-28/h7-10H,5-6,11-15H2,1-4H3,(H2,24,25,30). The summed E-state index contributed by atoms with van der Waals surface area (Å²) in [7, 11) is 0. The summed E-state index contributed by atoms with van der Waals surface area (Å²) in [5, 5.41) is 5.57. The van der Waals surface area contributed by atoms with Crippen molar-refractivity contribution in [2.24, 2.45) is 0 Å². The van der Waals surface area contributed by atoms with Gasteiger partial charge in [0.1, 0.15) is 5.82 Å². The molecule has 1 aromatic carbocycles. The molecular formula is C23H32N6O2. The molecule has 3 heterocycles. The summed E-state index contributed by atoms with van der Waals surface area (Å²) in [5.74, 6) is 1.74. The van der Waals surface area contributed by atoms with Crippen LogP contribution in [0.3, 0.4) is 0 Å². The van der Waals surface area contributed by atoms with Crippen LogP contribution in [0.25, 0.3) is 11.4 Å². The average molecular weight is 425 g/mol. The first kappa shape index (κ1) is 21.5. The number of rotatable bonds is 5. The minimum atomic E-state index is -0.208. The number of fused-ring (bicyclic) bond motifs is 1. The Morgan fingerprint density at radius 3 is 2.48 bits per heavy atom. The van der Waals surface area contributed by atoms with Gasteiger partial charge in [-0.3, -0.25) is 4.90 Å². The van der Waals surface area contributed by atoms with Crippen molar-refractivity contribution in [2.45, 2.75) is 39.8 Å². The Morgan fingerprint density at radius 2 is 1.84 bits per heavy atom. The van der Waals surface area contributed by atoms with Crippen LogP contribution in [0.1, 0.15) is 39.0 Å². The van der Waals surface area contributed by atoms with E-state index in [-0.39, 0.29) is 11.6 Å². The number of aromatic nitrogens is 2. The number of anilines is 2. The molecule has 31 heavy (non-hydrogen) atoms. The molecule has 2 N–H and O–H groups in total. The largest absolute Gasteiger partial charge is 0.378 e. The Kier molecular flexibility index (Phi) is 6.11. The lowest BCUT2D eigenvalue weighted by Crippen LogP contribution is -2.37. The van der Waals surface area contributed by atoms with Gasteiger partial charge >= 0.3 is 6.03 Å². The molecule has 8 nitrogen and oxygen atoms in total. The molecule has 2 aliphatic rings.